The van der Waals surface area contributed by atoms with Crippen LogP contribution >= 0.6 is 0 Å². The van der Waals surface area contributed by atoms with Crippen LogP contribution in [0.3, 0.4) is 0 Å². The van der Waals surface area contributed by atoms with Crippen LogP contribution in [0, 0.1) is 0 Å². The fourth-order valence-electron chi connectivity index (χ4n) is 2.89. The third-order valence-corrected chi connectivity index (χ3v) is 5.06. The minimum Gasteiger partial charge on any atom is -0.327 e. The maximum Gasteiger partial charge on any atom is 0.180 e. The summed E-state index contributed by atoms with van der Waals surface area (Å²) in [6, 6.07) is 0.223. The van der Waals surface area contributed by atoms with Gasteiger partial charge in [0.05, 0.1) is 6.20 Å². The highest BCUT2D eigenvalue weighted by molar-refractivity contribution is 7.90. The number of aromatic nitrogens is 3. The highest BCUT2D eigenvalue weighted by Crippen LogP contribution is 2.16. The predicted octanol–water partition coefficient (Wildman–Crippen LogP) is 0.446. The van der Waals surface area contributed by atoms with E-state index in [2.05, 4.69) is 15.0 Å². The van der Waals surface area contributed by atoms with Gasteiger partial charge in [0.1, 0.15) is 4.90 Å². The zero-order valence-corrected chi connectivity index (χ0v) is 13.5. The van der Waals surface area contributed by atoms with Crippen LogP contribution in [-0.2, 0) is 16.4 Å². The van der Waals surface area contributed by atoms with E-state index < -0.39 is 9.84 Å². The second-order valence-electron chi connectivity index (χ2n) is 6.00. The molecule has 0 aromatic carbocycles. The first-order valence-corrected chi connectivity index (χ1v) is 9.33. The van der Waals surface area contributed by atoms with Gasteiger partial charge in [0.2, 0.25) is 0 Å². The summed E-state index contributed by atoms with van der Waals surface area (Å²) in [5.74, 6) is 0. The number of nitrogens with two attached hydrogens (primary N) is 1. The van der Waals surface area contributed by atoms with Crippen LogP contribution in [0.1, 0.15) is 24.8 Å². The van der Waals surface area contributed by atoms with E-state index in [1.54, 1.807) is 6.20 Å². The second kappa shape index (κ2) is 5.94. The first-order valence-electron chi connectivity index (χ1n) is 7.44. The van der Waals surface area contributed by atoms with Crippen LogP contribution in [0.5, 0.6) is 0 Å². The van der Waals surface area contributed by atoms with Crippen LogP contribution in [0.2, 0.25) is 0 Å². The Morgan fingerprint density at radius 3 is 2.95 bits per heavy atom. The lowest BCUT2D eigenvalue weighted by Crippen LogP contribution is -2.35. The summed E-state index contributed by atoms with van der Waals surface area (Å²) in [4.78, 5) is 6.76. The molecule has 1 atom stereocenters. The minimum absolute atomic E-state index is 0.163. The summed E-state index contributed by atoms with van der Waals surface area (Å²) in [6.07, 6.45) is 9.48. The molecule has 0 aliphatic carbocycles. The number of nitrogens with zero attached hydrogens (tertiary/aromatic N) is 4. The normalized spacial score (nSPS) is 21.1. The van der Waals surface area contributed by atoms with Crippen molar-refractivity contribution >= 4 is 15.5 Å². The number of rotatable bonds is 3. The SMILES string of the molecule is CS(=O)(=O)c1cnn2cc(CN3CCCC[C@@H](N)C3)cnc12. The third-order valence-electron chi connectivity index (χ3n) is 3.98. The molecule has 1 aliphatic heterocycles. The molecule has 1 aliphatic rings. The molecule has 1 saturated heterocycles. The van der Waals surface area contributed by atoms with Crippen molar-refractivity contribution in [2.45, 2.75) is 36.7 Å². The van der Waals surface area contributed by atoms with Gasteiger partial charge in [-0.25, -0.2) is 17.9 Å². The van der Waals surface area contributed by atoms with E-state index in [0.717, 1.165) is 44.3 Å². The fourth-order valence-corrected chi connectivity index (χ4v) is 3.61. The molecular weight excluding hydrogens is 302 g/mol. The van der Waals surface area contributed by atoms with Gasteiger partial charge < -0.3 is 5.73 Å². The van der Waals surface area contributed by atoms with Crippen molar-refractivity contribution in [2.75, 3.05) is 19.3 Å². The lowest BCUT2D eigenvalue weighted by molar-refractivity contribution is 0.264. The summed E-state index contributed by atoms with van der Waals surface area (Å²) in [5, 5.41) is 4.10. The Morgan fingerprint density at radius 2 is 2.18 bits per heavy atom. The van der Waals surface area contributed by atoms with Crippen molar-refractivity contribution in [3.05, 3.63) is 24.2 Å². The topological polar surface area (TPSA) is 93.6 Å². The zero-order valence-electron chi connectivity index (χ0n) is 12.6. The molecule has 3 rings (SSSR count). The molecule has 2 aromatic heterocycles. The van der Waals surface area contributed by atoms with E-state index >= 15 is 0 Å². The van der Waals surface area contributed by atoms with Crippen molar-refractivity contribution in [3.8, 4) is 0 Å². The molecule has 2 aromatic rings. The number of likely N-dealkylation sites (tertiary alicyclic amines) is 1. The fraction of sp³-hybridized carbons (Fsp3) is 0.571. The molecule has 0 amide bonds. The smallest absolute Gasteiger partial charge is 0.180 e. The first-order chi connectivity index (χ1) is 10.4. The second-order valence-corrected chi connectivity index (χ2v) is 7.99. The van der Waals surface area contributed by atoms with Gasteiger partial charge in [-0.3, -0.25) is 4.90 Å². The van der Waals surface area contributed by atoms with Crippen molar-refractivity contribution in [3.63, 3.8) is 0 Å². The van der Waals surface area contributed by atoms with Crippen molar-refractivity contribution < 1.29 is 8.42 Å². The van der Waals surface area contributed by atoms with E-state index in [0.29, 0.717) is 5.65 Å². The predicted molar refractivity (Wildman–Crippen MR) is 83.2 cm³/mol. The molecule has 0 saturated carbocycles. The summed E-state index contributed by atoms with van der Waals surface area (Å²) in [6.45, 7) is 2.66. The molecule has 22 heavy (non-hydrogen) atoms. The summed E-state index contributed by atoms with van der Waals surface area (Å²) >= 11 is 0. The van der Waals surface area contributed by atoms with Gasteiger partial charge in [-0.2, -0.15) is 5.10 Å². The Morgan fingerprint density at radius 1 is 1.36 bits per heavy atom. The molecule has 3 heterocycles. The molecule has 2 N–H and O–H groups in total. The molecule has 0 radical (unpaired) electrons. The molecule has 0 bridgehead atoms. The number of hydrogen-bond donors (Lipinski definition) is 1. The van der Waals surface area contributed by atoms with E-state index in [1.807, 2.05) is 6.20 Å². The molecule has 0 spiro atoms. The number of hydrogen-bond acceptors (Lipinski definition) is 6. The number of sulfone groups is 1. The largest absolute Gasteiger partial charge is 0.327 e. The minimum atomic E-state index is -3.31. The van der Waals surface area contributed by atoms with Crippen molar-refractivity contribution in [1.29, 1.82) is 0 Å². The highest BCUT2D eigenvalue weighted by Gasteiger charge is 2.18. The Hall–Kier alpha value is -1.51. The van der Waals surface area contributed by atoms with Crippen LogP contribution in [0.25, 0.3) is 5.65 Å². The lowest BCUT2D eigenvalue weighted by atomic mass is 10.2. The average molecular weight is 323 g/mol. The lowest BCUT2D eigenvalue weighted by Gasteiger charge is -2.22. The van der Waals surface area contributed by atoms with Gasteiger partial charge in [0.25, 0.3) is 0 Å². The Balaban J connectivity index is 1.83. The standard InChI is InChI=1S/C14H21N5O2S/c1-22(20,21)13-7-17-19-9-11(6-16-14(13)19)8-18-5-3-2-4-12(15)10-18/h6-7,9,12H,2-5,8,10,15H2,1H3/t12-/m1/s1. The Bertz CT molecular complexity index is 771. The van der Waals surface area contributed by atoms with Gasteiger partial charge in [-0.1, -0.05) is 6.42 Å². The van der Waals surface area contributed by atoms with E-state index in [4.69, 9.17) is 5.73 Å². The molecule has 1 fully saturated rings. The van der Waals surface area contributed by atoms with E-state index in [1.165, 1.54) is 17.1 Å². The van der Waals surface area contributed by atoms with E-state index in [9.17, 15) is 8.42 Å². The van der Waals surface area contributed by atoms with Crippen molar-refractivity contribution in [1.82, 2.24) is 19.5 Å². The summed E-state index contributed by atoms with van der Waals surface area (Å²) in [5.41, 5.74) is 7.46. The van der Waals surface area contributed by atoms with Crippen molar-refractivity contribution in [2.24, 2.45) is 5.73 Å². The molecule has 0 unspecified atom stereocenters. The quantitative estimate of drug-likeness (QED) is 0.881. The van der Waals surface area contributed by atoms with Gasteiger partial charge in [0.15, 0.2) is 15.5 Å². The molecule has 7 nitrogen and oxygen atoms in total. The van der Waals surface area contributed by atoms with Gasteiger partial charge in [0, 0.05) is 43.3 Å². The molecule has 120 valence electrons. The van der Waals surface area contributed by atoms with Gasteiger partial charge in [-0.15, -0.1) is 0 Å². The third kappa shape index (κ3) is 3.29. The average Bonchev–Trinajstić information content (AvgIpc) is 2.76. The van der Waals surface area contributed by atoms with Gasteiger partial charge in [-0.05, 0) is 19.4 Å². The highest BCUT2D eigenvalue weighted by atomic mass is 32.2. The summed E-state index contributed by atoms with van der Waals surface area (Å²) < 4.78 is 24.9. The zero-order chi connectivity index (χ0) is 15.7. The monoisotopic (exact) mass is 323 g/mol. The molecule has 8 heteroatoms. The first kappa shape index (κ1) is 15.4. The van der Waals surface area contributed by atoms with Crippen LogP contribution in [0.15, 0.2) is 23.5 Å². The Kier molecular flexibility index (Phi) is 4.16. The van der Waals surface area contributed by atoms with E-state index in [-0.39, 0.29) is 10.9 Å². The van der Waals surface area contributed by atoms with Crippen LogP contribution < -0.4 is 5.73 Å². The van der Waals surface area contributed by atoms with Crippen LogP contribution in [-0.4, -0.2) is 53.3 Å². The van der Waals surface area contributed by atoms with Crippen LogP contribution in [0.4, 0.5) is 0 Å². The van der Waals surface area contributed by atoms with Gasteiger partial charge >= 0.3 is 0 Å². The number of fused-ring (bicyclic) bond motifs is 1. The Labute approximate surface area is 130 Å². The summed E-state index contributed by atoms with van der Waals surface area (Å²) in [7, 11) is -3.31. The maximum absolute atomic E-state index is 11.7. The maximum atomic E-state index is 11.7. The molecular formula is C14H21N5O2S.